The number of aromatic nitrogens is 1. The number of carbonyl (C=O) groups excluding carboxylic acids is 2. The quantitative estimate of drug-likeness (QED) is 0.487. The molecule has 0 fully saturated rings. The van der Waals surface area contributed by atoms with Crippen LogP contribution in [0.1, 0.15) is 11.3 Å². The van der Waals surface area contributed by atoms with E-state index in [1.165, 1.54) is 11.3 Å². The second-order valence-corrected chi connectivity index (χ2v) is 7.49. The molecule has 1 aromatic heterocycles. The molecule has 8 heteroatoms. The maximum Gasteiger partial charge on any atom is 0.312 e. The fourth-order valence-corrected chi connectivity index (χ4v) is 3.71. The van der Waals surface area contributed by atoms with Crippen molar-refractivity contribution in [3.8, 4) is 22.1 Å². The first-order valence-corrected chi connectivity index (χ1v) is 10.6. The van der Waals surface area contributed by atoms with E-state index < -0.39 is 5.97 Å². The highest BCUT2D eigenvalue weighted by molar-refractivity contribution is 7.13. The molecular formula is C23H24N2O5S. The lowest BCUT2D eigenvalue weighted by Crippen LogP contribution is -2.30. The van der Waals surface area contributed by atoms with Gasteiger partial charge in [-0.1, -0.05) is 36.4 Å². The molecule has 0 saturated carbocycles. The summed E-state index contributed by atoms with van der Waals surface area (Å²) < 4.78 is 15.5. The van der Waals surface area contributed by atoms with Crippen LogP contribution >= 0.6 is 11.3 Å². The summed E-state index contributed by atoms with van der Waals surface area (Å²) >= 11 is 1.47. The second kappa shape index (κ2) is 11.1. The molecule has 162 valence electrons. The van der Waals surface area contributed by atoms with Crippen molar-refractivity contribution in [1.82, 2.24) is 10.3 Å². The highest BCUT2D eigenvalue weighted by atomic mass is 32.1. The Bertz CT molecular complexity index is 1020. The van der Waals surface area contributed by atoms with Crippen LogP contribution in [-0.4, -0.2) is 44.2 Å². The summed E-state index contributed by atoms with van der Waals surface area (Å²) in [6.07, 6.45) is 0.642. The summed E-state index contributed by atoms with van der Waals surface area (Å²) in [5.74, 6) is 0.452. The van der Waals surface area contributed by atoms with Gasteiger partial charge in [0.1, 0.15) is 5.01 Å². The highest BCUT2D eigenvalue weighted by Crippen LogP contribution is 2.27. The SMILES string of the molecule is COc1ccc(CCNC(=O)COC(=O)Cc2csc(-c3ccccc3)n2)cc1OC. The van der Waals surface area contributed by atoms with Gasteiger partial charge in [-0.05, 0) is 24.1 Å². The number of rotatable bonds is 10. The fraction of sp³-hybridized carbons (Fsp3) is 0.261. The molecule has 7 nitrogen and oxygen atoms in total. The molecule has 0 aliphatic rings. The summed E-state index contributed by atoms with van der Waals surface area (Å²) in [6, 6.07) is 15.3. The molecule has 1 N–H and O–H groups in total. The van der Waals surface area contributed by atoms with Gasteiger partial charge < -0.3 is 19.5 Å². The van der Waals surface area contributed by atoms with Crippen molar-refractivity contribution in [2.24, 2.45) is 0 Å². The van der Waals surface area contributed by atoms with E-state index in [-0.39, 0.29) is 18.9 Å². The Labute approximate surface area is 185 Å². The number of methoxy groups -OCH3 is 2. The molecule has 0 aliphatic carbocycles. The van der Waals surface area contributed by atoms with Gasteiger partial charge >= 0.3 is 5.97 Å². The molecule has 1 amide bonds. The number of hydrogen-bond acceptors (Lipinski definition) is 7. The van der Waals surface area contributed by atoms with Gasteiger partial charge in [-0.3, -0.25) is 9.59 Å². The first-order chi connectivity index (χ1) is 15.1. The van der Waals surface area contributed by atoms with Crippen LogP contribution in [0.4, 0.5) is 0 Å². The van der Waals surface area contributed by atoms with Gasteiger partial charge in [0.2, 0.25) is 0 Å². The third kappa shape index (κ3) is 6.55. The molecule has 2 aromatic carbocycles. The largest absolute Gasteiger partial charge is 0.493 e. The van der Waals surface area contributed by atoms with Crippen molar-refractivity contribution in [3.63, 3.8) is 0 Å². The third-order valence-electron chi connectivity index (χ3n) is 4.45. The lowest BCUT2D eigenvalue weighted by Gasteiger charge is -2.10. The van der Waals surface area contributed by atoms with Crippen molar-refractivity contribution in [1.29, 1.82) is 0 Å². The summed E-state index contributed by atoms with van der Waals surface area (Å²) in [4.78, 5) is 28.4. The molecular weight excluding hydrogens is 416 g/mol. The van der Waals surface area contributed by atoms with Crippen LogP contribution in [0.3, 0.4) is 0 Å². The zero-order chi connectivity index (χ0) is 22.1. The van der Waals surface area contributed by atoms with Crippen LogP contribution in [0.15, 0.2) is 53.9 Å². The van der Waals surface area contributed by atoms with E-state index in [2.05, 4.69) is 10.3 Å². The molecule has 1 heterocycles. The zero-order valence-corrected chi connectivity index (χ0v) is 18.2. The summed E-state index contributed by atoms with van der Waals surface area (Å²) in [6.45, 7) is 0.0961. The predicted octanol–water partition coefficient (Wildman–Crippen LogP) is 3.27. The second-order valence-electron chi connectivity index (χ2n) is 6.64. The number of nitrogens with zero attached hydrogens (tertiary/aromatic N) is 1. The maximum atomic E-state index is 12.0. The molecule has 0 aliphatic heterocycles. The van der Waals surface area contributed by atoms with Gasteiger partial charge in [-0.25, -0.2) is 4.98 Å². The van der Waals surface area contributed by atoms with Crippen molar-refractivity contribution >= 4 is 23.2 Å². The van der Waals surface area contributed by atoms with Crippen molar-refractivity contribution < 1.29 is 23.8 Å². The van der Waals surface area contributed by atoms with E-state index in [1.807, 2.05) is 53.9 Å². The van der Waals surface area contributed by atoms with E-state index in [9.17, 15) is 9.59 Å². The minimum atomic E-state index is -0.486. The van der Waals surface area contributed by atoms with Gasteiger partial charge in [0, 0.05) is 17.5 Å². The minimum Gasteiger partial charge on any atom is -0.493 e. The van der Waals surface area contributed by atoms with Crippen LogP contribution < -0.4 is 14.8 Å². The Balaban J connectivity index is 1.39. The number of esters is 1. The topological polar surface area (TPSA) is 86.8 Å². The lowest BCUT2D eigenvalue weighted by atomic mass is 10.1. The van der Waals surface area contributed by atoms with E-state index in [1.54, 1.807) is 14.2 Å². The number of hydrogen-bond donors (Lipinski definition) is 1. The van der Waals surface area contributed by atoms with E-state index in [0.29, 0.717) is 30.2 Å². The summed E-state index contributed by atoms with van der Waals surface area (Å²) in [5, 5.41) is 5.41. The van der Waals surface area contributed by atoms with Gasteiger partial charge in [-0.2, -0.15) is 0 Å². The molecule has 3 rings (SSSR count). The normalized spacial score (nSPS) is 10.4. The fourth-order valence-electron chi connectivity index (χ4n) is 2.88. The number of amides is 1. The Kier molecular flexibility index (Phi) is 8.00. The van der Waals surface area contributed by atoms with Crippen LogP contribution in [0.25, 0.3) is 10.6 Å². The number of nitrogens with one attached hydrogen (secondary N) is 1. The standard InChI is InChI=1S/C23H24N2O5S/c1-28-19-9-8-16(12-20(19)29-2)10-11-24-21(26)14-30-22(27)13-18-15-31-23(25-18)17-6-4-3-5-7-17/h3-9,12,15H,10-11,13-14H2,1-2H3,(H,24,26). The van der Waals surface area contributed by atoms with Gasteiger partial charge in [-0.15, -0.1) is 11.3 Å². The van der Waals surface area contributed by atoms with Gasteiger partial charge in [0.15, 0.2) is 18.1 Å². The Hall–Kier alpha value is -3.39. The first kappa shape index (κ1) is 22.3. The Morgan fingerprint density at radius 1 is 1.03 bits per heavy atom. The average molecular weight is 441 g/mol. The maximum absolute atomic E-state index is 12.0. The first-order valence-electron chi connectivity index (χ1n) is 9.72. The zero-order valence-electron chi connectivity index (χ0n) is 17.4. The molecule has 3 aromatic rings. The molecule has 0 bridgehead atoms. The van der Waals surface area contributed by atoms with Gasteiger partial charge in [0.25, 0.3) is 5.91 Å². The van der Waals surface area contributed by atoms with E-state index >= 15 is 0 Å². The van der Waals surface area contributed by atoms with Crippen molar-refractivity contribution in [2.75, 3.05) is 27.4 Å². The average Bonchev–Trinajstić information content (AvgIpc) is 3.26. The predicted molar refractivity (Wildman–Crippen MR) is 118 cm³/mol. The summed E-state index contributed by atoms with van der Waals surface area (Å²) in [7, 11) is 3.15. The monoisotopic (exact) mass is 440 g/mol. The van der Waals surface area contributed by atoms with Crippen LogP contribution in [-0.2, 0) is 27.2 Å². The molecule has 0 atom stereocenters. The highest BCUT2D eigenvalue weighted by Gasteiger charge is 2.12. The van der Waals surface area contributed by atoms with Crippen molar-refractivity contribution in [3.05, 3.63) is 65.2 Å². The lowest BCUT2D eigenvalue weighted by molar-refractivity contribution is -0.147. The summed E-state index contributed by atoms with van der Waals surface area (Å²) in [5.41, 5.74) is 2.62. The third-order valence-corrected chi connectivity index (χ3v) is 5.39. The van der Waals surface area contributed by atoms with Gasteiger partial charge in [0.05, 0.1) is 26.3 Å². The number of ether oxygens (including phenoxy) is 3. The van der Waals surface area contributed by atoms with E-state index in [0.717, 1.165) is 16.1 Å². The molecule has 31 heavy (non-hydrogen) atoms. The van der Waals surface area contributed by atoms with Crippen molar-refractivity contribution in [2.45, 2.75) is 12.8 Å². The Morgan fingerprint density at radius 2 is 1.81 bits per heavy atom. The molecule has 0 spiro atoms. The van der Waals surface area contributed by atoms with Crippen LogP contribution in [0.5, 0.6) is 11.5 Å². The van der Waals surface area contributed by atoms with Crippen LogP contribution in [0.2, 0.25) is 0 Å². The number of thiazole rings is 1. The number of benzene rings is 2. The molecule has 0 saturated heterocycles. The molecule has 0 unspecified atom stereocenters. The van der Waals surface area contributed by atoms with Crippen LogP contribution in [0, 0.1) is 0 Å². The smallest absolute Gasteiger partial charge is 0.312 e. The molecule has 0 radical (unpaired) electrons. The van der Waals surface area contributed by atoms with E-state index in [4.69, 9.17) is 14.2 Å². The minimum absolute atomic E-state index is 0.0300. The number of carbonyl (C=O) groups is 2. The Morgan fingerprint density at radius 3 is 2.55 bits per heavy atom.